The number of carbonyl (C=O) groups excluding carboxylic acids is 4. The van der Waals surface area contributed by atoms with E-state index >= 15 is 0 Å². The van der Waals surface area contributed by atoms with Gasteiger partial charge in [0, 0.05) is 24.7 Å². The molecule has 0 N–H and O–H groups in total. The SMILES string of the molecule is O=C(Oc1cccc(N2C(=O)[C@@H]3[C@H]4C=C[C@@H]([C@@H]5C[C@H]45)[C@@H]3C2=O)c1)[C@H]1CC(=O)N(c2ccc(F)cc2)C1. The predicted molar refractivity (Wildman–Crippen MR) is 126 cm³/mol. The standard InChI is InChI=1S/C28H23FN2O5/c29-15-4-6-16(7-5-15)30-13-14(10-23(30)32)28(35)36-18-3-1-2-17(11-18)31-26(33)24-19-8-9-20(22-12-21(19)22)25(24)27(31)34/h1-9,11,14,19-22,24-25H,10,12-13H2/t14-,19-,20-,21-,22+,24-,25+/m0/s1. The van der Waals surface area contributed by atoms with Crippen LogP contribution in [0.3, 0.4) is 0 Å². The molecule has 182 valence electrons. The fraction of sp³-hybridized carbons (Fsp3) is 0.357. The van der Waals surface area contributed by atoms with E-state index in [2.05, 4.69) is 12.2 Å². The molecule has 2 bridgehead atoms. The third-order valence-electron chi connectivity index (χ3n) is 8.55. The number of nitrogens with zero attached hydrogens (tertiary/aromatic N) is 2. The lowest BCUT2D eigenvalue weighted by Crippen LogP contribution is -2.40. The molecule has 8 rings (SSSR count). The number of imide groups is 1. The van der Waals surface area contributed by atoms with Crippen LogP contribution >= 0.6 is 0 Å². The Morgan fingerprint density at radius 3 is 2.22 bits per heavy atom. The number of anilines is 2. The van der Waals surface area contributed by atoms with Crippen LogP contribution < -0.4 is 14.5 Å². The van der Waals surface area contributed by atoms with Gasteiger partial charge in [0.05, 0.1) is 23.4 Å². The van der Waals surface area contributed by atoms with Crippen LogP contribution in [0.15, 0.2) is 60.7 Å². The first-order chi connectivity index (χ1) is 17.4. The van der Waals surface area contributed by atoms with Gasteiger partial charge in [-0.05, 0) is 66.5 Å². The zero-order valence-corrected chi connectivity index (χ0v) is 19.2. The first-order valence-electron chi connectivity index (χ1n) is 12.3. The zero-order valence-electron chi connectivity index (χ0n) is 19.2. The Hall–Kier alpha value is -3.81. The molecular formula is C28H23FN2O5. The van der Waals surface area contributed by atoms with E-state index in [1.165, 1.54) is 40.1 Å². The van der Waals surface area contributed by atoms with Crippen molar-refractivity contribution in [3.05, 3.63) is 66.5 Å². The summed E-state index contributed by atoms with van der Waals surface area (Å²) < 4.78 is 18.8. The molecule has 2 aliphatic heterocycles. The Balaban J connectivity index is 1.07. The molecule has 0 spiro atoms. The number of rotatable bonds is 4. The molecule has 0 unspecified atom stereocenters. The Morgan fingerprint density at radius 1 is 0.889 bits per heavy atom. The molecule has 36 heavy (non-hydrogen) atoms. The van der Waals surface area contributed by atoms with Crippen molar-refractivity contribution in [3.63, 3.8) is 0 Å². The van der Waals surface area contributed by atoms with Gasteiger partial charge in [-0.3, -0.25) is 19.2 Å². The summed E-state index contributed by atoms with van der Waals surface area (Å²) in [5, 5.41) is 0. The number of carbonyl (C=O) groups is 4. The van der Waals surface area contributed by atoms with Gasteiger partial charge in [0.2, 0.25) is 17.7 Å². The van der Waals surface area contributed by atoms with Gasteiger partial charge in [-0.25, -0.2) is 9.29 Å². The molecule has 6 aliphatic rings. The lowest BCUT2D eigenvalue weighted by atomic mass is 9.63. The van der Waals surface area contributed by atoms with E-state index in [4.69, 9.17) is 4.74 Å². The average Bonchev–Trinajstić information content (AvgIpc) is 3.55. The van der Waals surface area contributed by atoms with Crippen LogP contribution in [0.5, 0.6) is 5.75 Å². The van der Waals surface area contributed by atoms with E-state index < -0.39 is 17.7 Å². The molecule has 2 saturated heterocycles. The summed E-state index contributed by atoms with van der Waals surface area (Å²) >= 11 is 0. The minimum atomic E-state index is -0.683. The largest absolute Gasteiger partial charge is 0.426 e. The van der Waals surface area contributed by atoms with Gasteiger partial charge in [0.25, 0.3) is 0 Å². The number of ether oxygens (including phenoxy) is 1. The van der Waals surface area contributed by atoms with Gasteiger partial charge in [0.15, 0.2) is 0 Å². The lowest BCUT2D eigenvalue weighted by molar-refractivity contribution is -0.139. The molecule has 2 aromatic carbocycles. The van der Waals surface area contributed by atoms with Crippen LogP contribution in [0.4, 0.5) is 15.8 Å². The summed E-state index contributed by atoms with van der Waals surface area (Å²) in [5.41, 5.74) is 0.917. The van der Waals surface area contributed by atoms with Crippen LogP contribution in [0.1, 0.15) is 12.8 Å². The molecule has 4 fully saturated rings. The maximum Gasteiger partial charge on any atom is 0.316 e. The highest BCUT2D eigenvalue weighted by molar-refractivity contribution is 6.22. The first-order valence-corrected chi connectivity index (χ1v) is 12.3. The van der Waals surface area contributed by atoms with Crippen LogP contribution in [-0.4, -0.2) is 30.2 Å². The summed E-state index contributed by atoms with van der Waals surface area (Å²) in [6.45, 7) is 0.132. The Morgan fingerprint density at radius 2 is 1.56 bits per heavy atom. The fourth-order valence-electron chi connectivity index (χ4n) is 6.83. The number of allylic oxidation sites excluding steroid dienone is 2. The van der Waals surface area contributed by atoms with Crippen molar-refractivity contribution in [2.75, 3.05) is 16.3 Å². The number of benzene rings is 2. The Kier molecular flexibility index (Phi) is 4.53. The van der Waals surface area contributed by atoms with Crippen molar-refractivity contribution in [2.45, 2.75) is 12.8 Å². The maximum atomic E-state index is 13.4. The molecule has 8 heteroatoms. The van der Waals surface area contributed by atoms with E-state index in [0.717, 1.165) is 6.42 Å². The van der Waals surface area contributed by atoms with E-state index in [9.17, 15) is 23.6 Å². The number of halogens is 1. The van der Waals surface area contributed by atoms with Crippen molar-refractivity contribution >= 4 is 35.1 Å². The molecule has 0 aromatic heterocycles. The van der Waals surface area contributed by atoms with E-state index in [1.807, 2.05) is 0 Å². The summed E-state index contributed by atoms with van der Waals surface area (Å²) in [5.74, 6) is -1.32. The van der Waals surface area contributed by atoms with Gasteiger partial charge in [-0.15, -0.1) is 0 Å². The molecule has 0 radical (unpaired) electrons. The van der Waals surface area contributed by atoms with Crippen molar-refractivity contribution < 1.29 is 28.3 Å². The second-order valence-corrected chi connectivity index (χ2v) is 10.5. The summed E-state index contributed by atoms with van der Waals surface area (Å²) in [7, 11) is 0. The topological polar surface area (TPSA) is 84.0 Å². The van der Waals surface area contributed by atoms with Gasteiger partial charge in [-0.2, -0.15) is 0 Å². The molecule has 3 amide bonds. The average molecular weight is 486 g/mol. The number of amides is 3. The third-order valence-corrected chi connectivity index (χ3v) is 8.55. The Bertz CT molecular complexity index is 1320. The van der Waals surface area contributed by atoms with Crippen molar-refractivity contribution in [3.8, 4) is 5.75 Å². The highest BCUT2D eigenvalue weighted by Gasteiger charge is 2.67. The molecule has 2 saturated carbocycles. The van der Waals surface area contributed by atoms with Crippen LogP contribution in [0, 0.1) is 47.2 Å². The molecule has 7 nitrogen and oxygen atoms in total. The molecule has 2 aromatic rings. The van der Waals surface area contributed by atoms with Gasteiger partial charge in [0.1, 0.15) is 11.6 Å². The first kappa shape index (κ1) is 21.5. The second-order valence-electron chi connectivity index (χ2n) is 10.5. The number of esters is 1. The molecule has 7 atom stereocenters. The molecule has 2 heterocycles. The van der Waals surface area contributed by atoms with Crippen LogP contribution in [0.2, 0.25) is 0 Å². The minimum Gasteiger partial charge on any atom is -0.426 e. The number of hydrogen-bond donors (Lipinski definition) is 0. The smallest absolute Gasteiger partial charge is 0.316 e. The van der Waals surface area contributed by atoms with Crippen molar-refractivity contribution in [1.29, 1.82) is 0 Å². The van der Waals surface area contributed by atoms with Crippen LogP contribution in [-0.2, 0) is 19.2 Å². The van der Waals surface area contributed by atoms with Crippen molar-refractivity contribution in [2.24, 2.45) is 41.4 Å². The van der Waals surface area contributed by atoms with Gasteiger partial charge < -0.3 is 9.64 Å². The summed E-state index contributed by atoms with van der Waals surface area (Å²) in [6, 6.07) is 12.0. The quantitative estimate of drug-likeness (QED) is 0.287. The normalized spacial score (nSPS) is 33.7. The van der Waals surface area contributed by atoms with Gasteiger partial charge >= 0.3 is 5.97 Å². The number of hydrogen-bond acceptors (Lipinski definition) is 5. The molecule has 4 aliphatic carbocycles. The summed E-state index contributed by atoms with van der Waals surface area (Å²) in [6.07, 6.45) is 5.35. The van der Waals surface area contributed by atoms with Crippen LogP contribution in [0.25, 0.3) is 0 Å². The highest BCUT2D eigenvalue weighted by Crippen LogP contribution is 2.65. The third kappa shape index (κ3) is 3.09. The van der Waals surface area contributed by atoms with E-state index in [-0.39, 0.29) is 60.1 Å². The fourth-order valence-corrected chi connectivity index (χ4v) is 6.83. The lowest BCUT2D eigenvalue weighted by Gasteiger charge is -2.37. The van der Waals surface area contributed by atoms with Crippen molar-refractivity contribution in [1.82, 2.24) is 0 Å². The Labute approximate surface area is 206 Å². The monoisotopic (exact) mass is 486 g/mol. The highest BCUT2D eigenvalue weighted by atomic mass is 19.1. The predicted octanol–water partition coefficient (Wildman–Crippen LogP) is 3.34. The second kappa shape index (κ2) is 7.59. The zero-order chi connectivity index (χ0) is 24.7. The minimum absolute atomic E-state index is 0.0134. The van der Waals surface area contributed by atoms with E-state index in [0.29, 0.717) is 23.2 Å². The molecular weight excluding hydrogens is 463 g/mol. The van der Waals surface area contributed by atoms with Gasteiger partial charge in [-0.1, -0.05) is 18.2 Å². The van der Waals surface area contributed by atoms with E-state index in [1.54, 1.807) is 18.2 Å². The summed E-state index contributed by atoms with van der Waals surface area (Å²) in [4.78, 5) is 54.8. The maximum absolute atomic E-state index is 13.4.